The smallest absolute Gasteiger partial charge is 0.462 e. The summed E-state index contributed by atoms with van der Waals surface area (Å²) in [7, 11) is 0. The summed E-state index contributed by atoms with van der Waals surface area (Å²) in [5.74, 6) is -9.12. The lowest BCUT2D eigenvalue weighted by molar-refractivity contribution is -0.352. The van der Waals surface area contributed by atoms with E-state index in [9.17, 15) is 90.4 Å². The molecule has 24 N–H and O–H groups in total. The van der Waals surface area contributed by atoms with Gasteiger partial charge in [0.1, 0.15) is 135 Å². The van der Waals surface area contributed by atoms with Crippen LogP contribution in [0.25, 0.3) is 0 Å². The Morgan fingerprint density at radius 3 is 1.82 bits per heavy atom. The predicted octanol–water partition coefficient (Wildman–Crippen LogP) is -11.3. The summed E-state index contributed by atoms with van der Waals surface area (Å²) in [6.07, 6.45) is -33.8. The molecule has 4 fully saturated rings. The van der Waals surface area contributed by atoms with Gasteiger partial charge in [0, 0.05) is 12.3 Å². The molecule has 0 spiro atoms. The first-order valence-electron chi connectivity index (χ1n) is 32.0. The third-order valence-electron chi connectivity index (χ3n) is 17.9. The van der Waals surface area contributed by atoms with Crippen molar-refractivity contribution in [1.82, 2.24) is 42.1 Å². The number of aliphatic hydroxyl groups is 13. The van der Waals surface area contributed by atoms with Crippen LogP contribution in [-0.4, -0.2) is 317 Å². The molecule has 0 saturated carbocycles. The largest absolute Gasteiger partial charge is 0.508 e. The Morgan fingerprint density at radius 2 is 1.17 bits per heavy atom. The lowest BCUT2D eigenvalue weighted by Gasteiger charge is -2.46. The van der Waals surface area contributed by atoms with Gasteiger partial charge in [0.25, 0.3) is 0 Å². The van der Waals surface area contributed by atoms with Gasteiger partial charge in [-0.05, 0) is 28.8 Å². The van der Waals surface area contributed by atoms with E-state index >= 15 is 9.59 Å². The maximum absolute atomic E-state index is 15.2. The summed E-state index contributed by atoms with van der Waals surface area (Å²) in [5.41, 5.74) is 13.5. The normalized spacial score (nSPS) is 34.9. The third-order valence-corrected chi connectivity index (χ3v) is 17.9. The van der Waals surface area contributed by atoms with Crippen molar-refractivity contribution < 1.29 is 133 Å². The molecule has 3 aromatic rings. The van der Waals surface area contributed by atoms with Crippen LogP contribution in [0.3, 0.4) is 0 Å². The second kappa shape index (κ2) is 34.4. The van der Waals surface area contributed by atoms with Crippen LogP contribution in [-0.2, 0) is 70.2 Å². The summed E-state index contributed by atoms with van der Waals surface area (Å²) in [6.45, 7) is -4.15. The van der Waals surface area contributed by atoms with Crippen LogP contribution in [0.2, 0.25) is 0 Å². The average molecular weight is 1430 g/mol. The number of guanidine groups is 2. The Kier molecular flexibility index (Phi) is 26.1. The SMILES string of the molecule is CC(c1ccccc1)[C@@H]1NC(=O)CNC(=O)[C@H](CO)NC(=O)[C@@H](C(O)C2CN=C(N)N2[C@H]2O[C@H](CO)[C@@H](O)[C@H](O)[C@@H]2O)NC(=O)[C@H](C(O)C2CN=C(N)N2)NC(=O)[C@@H](Cc2ccc(O[C@H]3O[C@H](CO)[C@@H](O[C@H]4O[C@H](COC(=O)OCc5ccccc5)[C@@H](O)[C@H](O)[C@@H]4O)[C@H](O)[C@@H]3O)cc2)NC1=O. The summed E-state index contributed by atoms with van der Waals surface area (Å²) in [6, 6.07) is 9.21. The molecule has 5 unspecified atom stereocenters. The highest BCUT2D eigenvalue weighted by Gasteiger charge is 2.54. The third kappa shape index (κ3) is 18.2. The molecule has 6 heterocycles. The maximum atomic E-state index is 15.2. The van der Waals surface area contributed by atoms with Gasteiger partial charge in [-0.2, -0.15) is 0 Å². The summed E-state index contributed by atoms with van der Waals surface area (Å²) in [4.78, 5) is 109. The Balaban J connectivity index is 0.970. The first-order chi connectivity index (χ1) is 48.2. The van der Waals surface area contributed by atoms with E-state index in [1.54, 1.807) is 67.6 Å². The molecule has 0 radical (unpaired) electrons. The van der Waals surface area contributed by atoms with Gasteiger partial charge in [0.05, 0.1) is 51.5 Å². The number of amides is 6. The van der Waals surface area contributed by atoms with Gasteiger partial charge in [0.15, 0.2) is 24.4 Å². The van der Waals surface area contributed by atoms with E-state index in [-0.39, 0.29) is 30.4 Å². The number of aliphatic imine (C=N–C) groups is 2. The van der Waals surface area contributed by atoms with E-state index < -0.39 is 246 Å². The van der Waals surface area contributed by atoms with Gasteiger partial charge in [-0.1, -0.05) is 79.7 Å². The van der Waals surface area contributed by atoms with E-state index in [0.717, 1.165) is 4.90 Å². The van der Waals surface area contributed by atoms with Crippen LogP contribution in [0.15, 0.2) is 94.9 Å². The molecule has 3 aromatic carbocycles. The highest BCUT2D eigenvalue weighted by Crippen LogP contribution is 2.33. The quantitative estimate of drug-likeness (QED) is 0.0467. The molecule has 9 rings (SSSR count). The molecule has 6 aliphatic rings. The fourth-order valence-corrected chi connectivity index (χ4v) is 12.1. The predicted molar refractivity (Wildman–Crippen MR) is 339 cm³/mol. The maximum Gasteiger partial charge on any atom is 0.508 e. The topological polar surface area (TPSA) is 611 Å². The molecule has 6 amide bonds. The fraction of sp³-hybridized carbons (Fsp3) is 0.565. The van der Waals surface area contributed by atoms with Crippen molar-refractivity contribution in [2.45, 2.75) is 172 Å². The number of nitrogens with zero attached hydrogens (tertiary/aromatic N) is 3. The van der Waals surface area contributed by atoms with Crippen molar-refractivity contribution in [1.29, 1.82) is 0 Å². The molecular formula is C62H84N12O27. The van der Waals surface area contributed by atoms with E-state index in [1.165, 1.54) is 24.3 Å². The first-order valence-corrected chi connectivity index (χ1v) is 32.0. The Morgan fingerprint density at radius 1 is 0.574 bits per heavy atom. The highest BCUT2D eigenvalue weighted by molar-refractivity contribution is 5.98. The summed E-state index contributed by atoms with van der Waals surface area (Å²) >= 11 is 0. The monoisotopic (exact) mass is 1430 g/mol. The van der Waals surface area contributed by atoms with Crippen molar-refractivity contribution in [3.8, 4) is 5.75 Å². The molecule has 0 aliphatic carbocycles. The van der Waals surface area contributed by atoms with Crippen LogP contribution < -0.4 is 53.4 Å². The number of ether oxygens (including phenoxy) is 7. The molecule has 554 valence electrons. The number of hydrogen-bond donors (Lipinski definition) is 22. The second-order valence-corrected chi connectivity index (χ2v) is 24.7. The van der Waals surface area contributed by atoms with Gasteiger partial charge >= 0.3 is 6.16 Å². The highest BCUT2D eigenvalue weighted by atomic mass is 16.8. The minimum atomic E-state index is -2.36. The van der Waals surface area contributed by atoms with Crippen LogP contribution in [0.5, 0.6) is 5.75 Å². The van der Waals surface area contributed by atoms with Gasteiger partial charge in [-0.3, -0.25) is 38.8 Å². The molecule has 6 aliphatic heterocycles. The zero-order chi connectivity index (χ0) is 73.1. The lowest BCUT2D eigenvalue weighted by atomic mass is 9.92. The Hall–Kier alpha value is -8.59. The number of hydrogen-bond acceptors (Lipinski definition) is 33. The number of nitrogens with one attached hydrogen (secondary N) is 7. The Labute approximate surface area is 574 Å². The van der Waals surface area contributed by atoms with Crippen LogP contribution in [0.1, 0.15) is 29.5 Å². The molecule has 0 aromatic heterocycles. The number of carbonyl (C=O) groups excluding carboxylic acids is 7. The zero-order valence-electron chi connectivity index (χ0n) is 53.9. The van der Waals surface area contributed by atoms with Crippen LogP contribution in [0.4, 0.5) is 4.79 Å². The van der Waals surface area contributed by atoms with Gasteiger partial charge in [-0.15, -0.1) is 0 Å². The summed E-state index contributed by atoms with van der Waals surface area (Å²) in [5, 5.41) is 160. The Bertz CT molecular complexity index is 3390. The number of carbonyl (C=O) groups is 7. The second-order valence-electron chi connectivity index (χ2n) is 24.7. The van der Waals surface area contributed by atoms with E-state index in [1.807, 2.05) is 0 Å². The lowest BCUT2D eigenvalue weighted by Crippen LogP contribution is -2.70. The summed E-state index contributed by atoms with van der Waals surface area (Å²) < 4.78 is 39.0. The van der Waals surface area contributed by atoms with Crippen LogP contribution in [0, 0.1) is 0 Å². The van der Waals surface area contributed by atoms with Gasteiger partial charge < -0.3 is 153 Å². The number of nitrogens with two attached hydrogens (primary N) is 2. The standard InChI is InChI=1S/C62H84N12O27/c1-25(28-10-6-3-7-11-28)38-54(91)68-30(16-26-12-14-29(15-13-26)97-58-50(88)47(85)51(35(22-77)99-58)101-59-49(87)46(84)44(82)36(100-59)24-96-62(94)95-23-27-8-4-2-5-9-27)53(90)72-39(41(79)31-17-66-60(63)70-31)56(93)73-40(55(92)69-32(20-75)52(89)65-19-37(78)71-38)42(80)33-18-67-61(64)74(33)57-48(86)45(83)43(81)34(21-76)98-57/h2-15,25,30-36,38-51,57-59,75-77,79-88H,16-24H2,1H3,(H2,64,67)(H,65,89)(H,68,91)(H,69,92)(H,71,78)(H,72,90)(H,73,93)(H3,63,66,70)/t25?,30-,31?,32+,33?,34-,35-,36-,38+,39+,40-,41?,42?,43-,44-,45+,46+,47-,48+,49+,50+,51-,57+,58+,59-/m1/s1. The van der Waals surface area contributed by atoms with Crippen molar-refractivity contribution >= 4 is 53.5 Å². The first kappa shape index (κ1) is 76.6. The molecular weight excluding hydrogens is 1340 g/mol. The average Bonchev–Trinajstić information content (AvgIpc) is 1.74. The molecule has 39 heteroatoms. The zero-order valence-corrected chi connectivity index (χ0v) is 53.9. The van der Waals surface area contributed by atoms with Crippen molar-refractivity contribution in [2.24, 2.45) is 21.5 Å². The minimum Gasteiger partial charge on any atom is -0.462 e. The molecule has 0 bridgehead atoms. The fourth-order valence-electron chi connectivity index (χ4n) is 12.1. The number of rotatable bonds is 20. The minimum absolute atomic E-state index is 0.0984. The van der Waals surface area contributed by atoms with E-state index in [0.29, 0.717) is 11.1 Å². The number of aliphatic hydroxyl groups excluding tert-OH is 13. The van der Waals surface area contributed by atoms with Crippen molar-refractivity contribution in [3.63, 3.8) is 0 Å². The van der Waals surface area contributed by atoms with Gasteiger partial charge in [-0.25, -0.2) is 4.79 Å². The van der Waals surface area contributed by atoms with E-state index in [4.69, 9.17) is 44.6 Å². The van der Waals surface area contributed by atoms with Crippen LogP contribution >= 0.6 is 0 Å². The molecule has 4 saturated heterocycles. The van der Waals surface area contributed by atoms with Crippen molar-refractivity contribution in [3.05, 3.63) is 102 Å². The molecule has 39 nitrogen and oxygen atoms in total. The molecule has 101 heavy (non-hydrogen) atoms. The van der Waals surface area contributed by atoms with E-state index in [2.05, 4.69) is 47.2 Å². The molecule has 25 atom stereocenters. The number of benzene rings is 3. The van der Waals surface area contributed by atoms with Gasteiger partial charge in [0.2, 0.25) is 41.7 Å². The van der Waals surface area contributed by atoms with Crippen molar-refractivity contribution in [2.75, 3.05) is 46.1 Å².